The second-order valence-corrected chi connectivity index (χ2v) is 4.28. The summed E-state index contributed by atoms with van der Waals surface area (Å²) in [6.07, 6.45) is 6.12. The van der Waals surface area contributed by atoms with Gasteiger partial charge < -0.3 is 10.1 Å². The Morgan fingerprint density at radius 1 is 1.42 bits per heavy atom. The Labute approximate surface area is 74.7 Å². The molecule has 0 aromatic heterocycles. The van der Waals surface area contributed by atoms with Crippen molar-refractivity contribution in [1.82, 2.24) is 5.32 Å². The zero-order chi connectivity index (χ0) is 8.39. The third kappa shape index (κ3) is 1.99. The third-order valence-electron chi connectivity index (χ3n) is 3.12. The molecule has 1 heterocycles. The van der Waals surface area contributed by atoms with Crippen molar-refractivity contribution in [2.45, 2.75) is 44.8 Å². The summed E-state index contributed by atoms with van der Waals surface area (Å²) in [5.74, 6) is 1.000. The molecule has 1 N–H and O–H groups in total. The molecule has 1 saturated carbocycles. The zero-order valence-electron chi connectivity index (χ0n) is 7.88. The van der Waals surface area contributed by atoms with Crippen molar-refractivity contribution in [3.8, 4) is 0 Å². The van der Waals surface area contributed by atoms with Crippen LogP contribution in [0.15, 0.2) is 0 Å². The lowest BCUT2D eigenvalue weighted by Crippen LogP contribution is -2.46. The second kappa shape index (κ2) is 3.75. The number of hydrogen-bond donors (Lipinski definition) is 1. The van der Waals surface area contributed by atoms with Crippen LogP contribution in [-0.4, -0.2) is 25.3 Å². The van der Waals surface area contributed by atoms with Crippen LogP contribution >= 0.6 is 0 Å². The van der Waals surface area contributed by atoms with Gasteiger partial charge in [-0.2, -0.15) is 0 Å². The minimum atomic E-state index is 0.419. The van der Waals surface area contributed by atoms with E-state index < -0.39 is 0 Å². The molecule has 2 nitrogen and oxygen atoms in total. The van der Waals surface area contributed by atoms with Crippen LogP contribution in [0.4, 0.5) is 0 Å². The molecule has 0 spiro atoms. The topological polar surface area (TPSA) is 21.3 Å². The smallest absolute Gasteiger partial charge is 0.0672 e. The summed E-state index contributed by atoms with van der Waals surface area (Å²) in [5.41, 5.74) is 0. The lowest BCUT2D eigenvalue weighted by molar-refractivity contribution is 0.00666. The average molecular weight is 169 g/mol. The van der Waals surface area contributed by atoms with Crippen molar-refractivity contribution in [3.63, 3.8) is 0 Å². The van der Waals surface area contributed by atoms with E-state index in [0.29, 0.717) is 12.1 Å². The third-order valence-corrected chi connectivity index (χ3v) is 3.12. The van der Waals surface area contributed by atoms with E-state index in [1.165, 1.54) is 25.7 Å². The van der Waals surface area contributed by atoms with E-state index in [9.17, 15) is 0 Å². The van der Waals surface area contributed by atoms with E-state index >= 15 is 0 Å². The molecule has 0 aromatic rings. The van der Waals surface area contributed by atoms with Crippen LogP contribution in [0.2, 0.25) is 0 Å². The molecule has 0 amide bonds. The van der Waals surface area contributed by atoms with Crippen molar-refractivity contribution in [3.05, 3.63) is 0 Å². The van der Waals surface area contributed by atoms with Gasteiger partial charge in [0.15, 0.2) is 0 Å². The molecule has 0 aromatic carbocycles. The first-order chi connectivity index (χ1) is 5.84. The van der Waals surface area contributed by atoms with E-state index in [1.54, 1.807) is 0 Å². The molecule has 2 aliphatic rings. The highest BCUT2D eigenvalue weighted by Gasteiger charge is 2.24. The summed E-state index contributed by atoms with van der Waals surface area (Å²) >= 11 is 0. The van der Waals surface area contributed by atoms with Crippen LogP contribution in [-0.2, 0) is 4.74 Å². The normalized spacial score (nSPS) is 37.8. The number of morpholine rings is 1. The Morgan fingerprint density at radius 2 is 2.25 bits per heavy atom. The van der Waals surface area contributed by atoms with E-state index in [2.05, 4.69) is 12.2 Å². The molecule has 2 atom stereocenters. The maximum absolute atomic E-state index is 5.60. The summed E-state index contributed by atoms with van der Waals surface area (Å²) in [5, 5.41) is 3.54. The molecule has 0 bridgehead atoms. The first kappa shape index (κ1) is 8.52. The molecule has 2 rings (SSSR count). The Hall–Kier alpha value is -0.0800. The predicted molar refractivity (Wildman–Crippen MR) is 49.2 cm³/mol. The molecule has 70 valence electrons. The van der Waals surface area contributed by atoms with E-state index in [-0.39, 0.29) is 0 Å². The fraction of sp³-hybridized carbons (Fsp3) is 1.00. The van der Waals surface area contributed by atoms with Crippen LogP contribution < -0.4 is 5.32 Å². The monoisotopic (exact) mass is 169 g/mol. The van der Waals surface area contributed by atoms with Gasteiger partial charge in [-0.1, -0.05) is 19.3 Å². The fourth-order valence-corrected chi connectivity index (χ4v) is 2.01. The van der Waals surface area contributed by atoms with Crippen LogP contribution in [0.25, 0.3) is 0 Å². The van der Waals surface area contributed by atoms with Gasteiger partial charge in [-0.3, -0.25) is 0 Å². The van der Waals surface area contributed by atoms with Crippen LogP contribution in [0.5, 0.6) is 0 Å². The summed E-state index contributed by atoms with van der Waals surface area (Å²) in [6.45, 7) is 4.10. The highest BCUT2D eigenvalue weighted by Crippen LogP contribution is 2.30. The van der Waals surface area contributed by atoms with Gasteiger partial charge in [0, 0.05) is 12.6 Å². The number of nitrogens with one attached hydrogen (secondary N) is 1. The molecule has 2 fully saturated rings. The molecule has 1 aliphatic heterocycles. The number of hydrogen-bond acceptors (Lipinski definition) is 2. The van der Waals surface area contributed by atoms with Crippen molar-refractivity contribution in [1.29, 1.82) is 0 Å². The Kier molecular flexibility index (Phi) is 2.66. The summed E-state index contributed by atoms with van der Waals surface area (Å²) in [6, 6.07) is 0.645. The Morgan fingerprint density at radius 3 is 2.75 bits per heavy atom. The minimum absolute atomic E-state index is 0.419. The molecule has 1 saturated heterocycles. The molecule has 2 unspecified atom stereocenters. The highest BCUT2D eigenvalue weighted by molar-refractivity contribution is 4.80. The minimum Gasteiger partial charge on any atom is -0.376 e. The van der Waals surface area contributed by atoms with Gasteiger partial charge in [0.25, 0.3) is 0 Å². The quantitative estimate of drug-likeness (QED) is 0.677. The zero-order valence-corrected chi connectivity index (χ0v) is 7.88. The number of ether oxygens (including phenoxy) is 1. The largest absolute Gasteiger partial charge is 0.376 e. The van der Waals surface area contributed by atoms with Crippen molar-refractivity contribution >= 4 is 0 Å². The van der Waals surface area contributed by atoms with Gasteiger partial charge in [0.05, 0.1) is 12.7 Å². The van der Waals surface area contributed by atoms with Gasteiger partial charge in [-0.25, -0.2) is 0 Å². The van der Waals surface area contributed by atoms with E-state index in [4.69, 9.17) is 4.74 Å². The van der Waals surface area contributed by atoms with Crippen molar-refractivity contribution < 1.29 is 4.74 Å². The van der Waals surface area contributed by atoms with Crippen LogP contribution in [0.3, 0.4) is 0 Å². The standard InChI is InChI=1S/C10H19NO/c1-8-6-11-10(7-12-8)5-9-3-2-4-9/h8-11H,2-7H2,1H3. The Bertz CT molecular complexity index is 137. The van der Waals surface area contributed by atoms with Gasteiger partial charge in [0.2, 0.25) is 0 Å². The molecular formula is C10H19NO. The van der Waals surface area contributed by atoms with Gasteiger partial charge in [0.1, 0.15) is 0 Å². The van der Waals surface area contributed by atoms with E-state index in [1.807, 2.05) is 0 Å². The van der Waals surface area contributed by atoms with Crippen molar-refractivity contribution in [2.75, 3.05) is 13.2 Å². The van der Waals surface area contributed by atoms with E-state index in [0.717, 1.165) is 19.1 Å². The maximum atomic E-state index is 5.60. The van der Waals surface area contributed by atoms with Crippen molar-refractivity contribution in [2.24, 2.45) is 5.92 Å². The summed E-state index contributed by atoms with van der Waals surface area (Å²) in [7, 11) is 0. The summed E-state index contributed by atoms with van der Waals surface area (Å²) < 4.78 is 5.60. The van der Waals surface area contributed by atoms with Gasteiger partial charge >= 0.3 is 0 Å². The second-order valence-electron chi connectivity index (χ2n) is 4.28. The molecule has 1 aliphatic carbocycles. The van der Waals surface area contributed by atoms with Gasteiger partial charge in [-0.15, -0.1) is 0 Å². The van der Waals surface area contributed by atoms with Crippen LogP contribution in [0.1, 0.15) is 32.6 Å². The molecular weight excluding hydrogens is 150 g/mol. The molecule has 12 heavy (non-hydrogen) atoms. The lowest BCUT2D eigenvalue weighted by atomic mass is 9.81. The van der Waals surface area contributed by atoms with Gasteiger partial charge in [-0.05, 0) is 19.3 Å². The summed E-state index contributed by atoms with van der Waals surface area (Å²) in [4.78, 5) is 0. The average Bonchev–Trinajstić information content (AvgIpc) is 2.00. The first-order valence-electron chi connectivity index (χ1n) is 5.19. The molecule has 2 heteroatoms. The lowest BCUT2D eigenvalue weighted by Gasteiger charge is -2.34. The SMILES string of the molecule is CC1CNC(CC2CCC2)CO1. The molecule has 0 radical (unpaired) electrons. The Balaban J connectivity index is 1.67. The fourth-order valence-electron chi connectivity index (χ4n) is 2.01. The predicted octanol–water partition coefficient (Wildman–Crippen LogP) is 1.55. The maximum Gasteiger partial charge on any atom is 0.0672 e. The van der Waals surface area contributed by atoms with Crippen LogP contribution in [0, 0.1) is 5.92 Å². The number of rotatable bonds is 2. The highest BCUT2D eigenvalue weighted by atomic mass is 16.5. The first-order valence-corrected chi connectivity index (χ1v) is 5.19.